The fraction of sp³-hybridized carbons (Fsp3) is 0.933. The van der Waals surface area contributed by atoms with Crippen molar-refractivity contribution in [2.24, 2.45) is 11.3 Å². The first-order chi connectivity index (χ1) is 8.29. The van der Waals surface area contributed by atoms with Crippen molar-refractivity contribution in [3.8, 4) is 0 Å². The van der Waals surface area contributed by atoms with Crippen molar-refractivity contribution in [1.82, 2.24) is 10.2 Å². The van der Waals surface area contributed by atoms with E-state index in [-0.39, 0.29) is 11.3 Å². The van der Waals surface area contributed by atoms with E-state index in [1.54, 1.807) is 0 Å². The van der Waals surface area contributed by atoms with E-state index < -0.39 is 0 Å². The van der Waals surface area contributed by atoms with Gasteiger partial charge < -0.3 is 10.2 Å². The summed E-state index contributed by atoms with van der Waals surface area (Å²) in [6.45, 7) is 11.7. The molecule has 3 heteroatoms. The highest BCUT2D eigenvalue weighted by molar-refractivity contribution is 5.79. The van der Waals surface area contributed by atoms with Gasteiger partial charge >= 0.3 is 0 Å². The van der Waals surface area contributed by atoms with Crippen molar-refractivity contribution in [3.63, 3.8) is 0 Å². The van der Waals surface area contributed by atoms with Gasteiger partial charge in [-0.15, -0.1) is 0 Å². The number of carbonyl (C=O) groups is 1. The van der Waals surface area contributed by atoms with Gasteiger partial charge in [-0.1, -0.05) is 34.6 Å². The van der Waals surface area contributed by atoms with E-state index in [0.717, 1.165) is 19.4 Å². The fourth-order valence-corrected chi connectivity index (χ4v) is 3.00. The quantitative estimate of drug-likeness (QED) is 0.840. The van der Waals surface area contributed by atoms with Crippen LogP contribution in [0.5, 0.6) is 0 Å². The standard InChI is InChI=1S/C15H30N2O/c1-11(2)14(18)17-12(10-16-6)8-7-9-13(17)15(3,4)5/h11-13,16H,7-10H2,1-6H3. The van der Waals surface area contributed by atoms with Gasteiger partial charge in [0.1, 0.15) is 0 Å². The SMILES string of the molecule is CNCC1CCCC(C(C)(C)C)N1C(=O)C(C)C. The molecule has 1 rings (SSSR count). The van der Waals surface area contributed by atoms with Crippen molar-refractivity contribution in [2.45, 2.75) is 66.0 Å². The summed E-state index contributed by atoms with van der Waals surface area (Å²) in [7, 11) is 1.97. The van der Waals surface area contributed by atoms with Crippen LogP contribution >= 0.6 is 0 Å². The zero-order chi connectivity index (χ0) is 13.9. The highest BCUT2D eigenvalue weighted by Crippen LogP contribution is 2.35. The van der Waals surface area contributed by atoms with Gasteiger partial charge in [0.15, 0.2) is 0 Å². The van der Waals surface area contributed by atoms with Gasteiger partial charge in [-0.25, -0.2) is 0 Å². The third-order valence-electron chi connectivity index (χ3n) is 3.93. The first-order valence-corrected chi connectivity index (χ1v) is 7.25. The van der Waals surface area contributed by atoms with Crippen LogP contribution < -0.4 is 5.32 Å². The third-order valence-corrected chi connectivity index (χ3v) is 3.93. The molecule has 0 aromatic carbocycles. The van der Waals surface area contributed by atoms with Crippen molar-refractivity contribution >= 4 is 5.91 Å². The monoisotopic (exact) mass is 254 g/mol. The smallest absolute Gasteiger partial charge is 0.225 e. The normalized spacial score (nSPS) is 25.6. The molecule has 1 saturated heterocycles. The van der Waals surface area contributed by atoms with Crippen molar-refractivity contribution in [2.75, 3.05) is 13.6 Å². The minimum atomic E-state index is 0.0901. The zero-order valence-corrected chi connectivity index (χ0v) is 12.9. The lowest BCUT2D eigenvalue weighted by Gasteiger charge is -2.48. The molecule has 1 amide bonds. The maximum Gasteiger partial charge on any atom is 0.225 e. The maximum absolute atomic E-state index is 12.5. The Labute approximate surface area is 112 Å². The molecule has 1 aliphatic rings. The van der Waals surface area contributed by atoms with Crippen LogP contribution in [0.25, 0.3) is 0 Å². The Bertz CT molecular complexity index is 279. The summed E-state index contributed by atoms with van der Waals surface area (Å²) in [6.07, 6.45) is 3.50. The molecular formula is C15H30N2O. The summed E-state index contributed by atoms with van der Waals surface area (Å²) in [5.41, 5.74) is 0.164. The third kappa shape index (κ3) is 3.47. The molecule has 1 heterocycles. The average molecular weight is 254 g/mol. The van der Waals surface area contributed by atoms with Crippen LogP contribution in [-0.2, 0) is 4.79 Å². The lowest BCUT2D eigenvalue weighted by atomic mass is 9.78. The highest BCUT2D eigenvalue weighted by atomic mass is 16.2. The van der Waals surface area contributed by atoms with E-state index in [4.69, 9.17) is 0 Å². The predicted octanol–water partition coefficient (Wildman–Crippen LogP) is 2.66. The minimum Gasteiger partial charge on any atom is -0.335 e. The van der Waals surface area contributed by atoms with E-state index >= 15 is 0 Å². The molecule has 2 unspecified atom stereocenters. The Morgan fingerprint density at radius 1 is 1.33 bits per heavy atom. The minimum absolute atomic E-state index is 0.0901. The van der Waals surface area contributed by atoms with E-state index in [1.165, 1.54) is 6.42 Å². The van der Waals surface area contributed by atoms with Crippen LogP contribution in [0.15, 0.2) is 0 Å². The van der Waals surface area contributed by atoms with Gasteiger partial charge in [0.05, 0.1) is 0 Å². The number of hydrogen-bond acceptors (Lipinski definition) is 2. The second-order valence-corrected chi connectivity index (χ2v) is 6.92. The molecule has 0 bridgehead atoms. The summed E-state index contributed by atoms with van der Waals surface area (Å²) in [5, 5.41) is 3.24. The van der Waals surface area contributed by atoms with Crippen LogP contribution in [0.2, 0.25) is 0 Å². The molecule has 0 aliphatic carbocycles. The molecule has 18 heavy (non-hydrogen) atoms. The lowest BCUT2D eigenvalue weighted by Crippen LogP contribution is -2.58. The largest absolute Gasteiger partial charge is 0.335 e. The van der Waals surface area contributed by atoms with E-state index in [2.05, 4.69) is 31.0 Å². The molecule has 2 atom stereocenters. The van der Waals surface area contributed by atoms with Crippen molar-refractivity contribution < 1.29 is 4.79 Å². The topological polar surface area (TPSA) is 32.3 Å². The molecule has 1 fully saturated rings. The first-order valence-electron chi connectivity index (χ1n) is 7.25. The van der Waals surface area contributed by atoms with Crippen LogP contribution in [0.1, 0.15) is 53.9 Å². The molecule has 0 radical (unpaired) electrons. The summed E-state index contributed by atoms with van der Waals surface area (Å²) in [6, 6.07) is 0.738. The Hall–Kier alpha value is -0.570. The first kappa shape index (κ1) is 15.5. The van der Waals surface area contributed by atoms with E-state index in [1.807, 2.05) is 20.9 Å². The molecule has 3 nitrogen and oxygen atoms in total. The highest BCUT2D eigenvalue weighted by Gasteiger charge is 2.40. The fourth-order valence-electron chi connectivity index (χ4n) is 3.00. The Balaban J connectivity index is 2.97. The van der Waals surface area contributed by atoms with Crippen molar-refractivity contribution in [1.29, 1.82) is 0 Å². The Morgan fingerprint density at radius 3 is 2.39 bits per heavy atom. The summed E-state index contributed by atoms with van der Waals surface area (Å²) in [4.78, 5) is 14.7. The second kappa shape index (κ2) is 6.05. The van der Waals surface area contributed by atoms with E-state index in [9.17, 15) is 4.79 Å². The Morgan fingerprint density at radius 2 is 1.94 bits per heavy atom. The number of nitrogens with zero attached hydrogens (tertiary/aromatic N) is 1. The van der Waals surface area contributed by atoms with Gasteiger partial charge in [-0.05, 0) is 31.7 Å². The average Bonchev–Trinajstić information content (AvgIpc) is 2.27. The predicted molar refractivity (Wildman–Crippen MR) is 76.5 cm³/mol. The summed E-state index contributed by atoms with van der Waals surface area (Å²) < 4.78 is 0. The number of amides is 1. The number of hydrogen-bond donors (Lipinski definition) is 1. The van der Waals surface area contributed by atoms with E-state index in [0.29, 0.717) is 18.0 Å². The van der Waals surface area contributed by atoms with Crippen LogP contribution in [0.3, 0.4) is 0 Å². The van der Waals surface area contributed by atoms with Gasteiger partial charge in [0.2, 0.25) is 5.91 Å². The van der Waals surface area contributed by atoms with Gasteiger partial charge in [0.25, 0.3) is 0 Å². The molecule has 106 valence electrons. The molecule has 0 saturated carbocycles. The lowest BCUT2D eigenvalue weighted by molar-refractivity contribution is -0.145. The molecule has 1 N–H and O–H groups in total. The van der Waals surface area contributed by atoms with Gasteiger partial charge in [0, 0.05) is 24.5 Å². The summed E-state index contributed by atoms with van der Waals surface area (Å²) in [5.74, 6) is 0.405. The molecule has 0 aromatic rings. The molecule has 1 aliphatic heterocycles. The van der Waals surface area contributed by atoms with Gasteiger partial charge in [-0.3, -0.25) is 4.79 Å². The second-order valence-electron chi connectivity index (χ2n) is 6.92. The number of likely N-dealkylation sites (tertiary alicyclic amines) is 1. The molecular weight excluding hydrogens is 224 g/mol. The number of nitrogens with one attached hydrogen (secondary N) is 1. The number of piperidine rings is 1. The van der Waals surface area contributed by atoms with Crippen molar-refractivity contribution in [3.05, 3.63) is 0 Å². The molecule has 0 spiro atoms. The number of carbonyl (C=O) groups excluding carboxylic acids is 1. The number of rotatable bonds is 3. The van der Waals surface area contributed by atoms with Crippen LogP contribution in [0.4, 0.5) is 0 Å². The molecule has 0 aromatic heterocycles. The number of likely N-dealkylation sites (N-methyl/N-ethyl adjacent to an activating group) is 1. The summed E-state index contributed by atoms with van der Waals surface area (Å²) >= 11 is 0. The maximum atomic E-state index is 12.5. The van der Waals surface area contributed by atoms with Crippen LogP contribution in [-0.4, -0.2) is 36.5 Å². The van der Waals surface area contributed by atoms with Gasteiger partial charge in [-0.2, -0.15) is 0 Å². The Kier molecular flexibility index (Phi) is 5.20. The van der Waals surface area contributed by atoms with Crippen LogP contribution in [0, 0.1) is 11.3 Å². The zero-order valence-electron chi connectivity index (χ0n) is 12.9.